The molecule has 1 aliphatic carbocycles. The standard InChI is InChI=1S/C28H31FN4O3/c1-17(2)32-26-14-22(26)20-10-7-18(8-11-20)16-36-28(35)31-15-19-9-12-21(23(29)13-19)27(34)33-25-6-4-3-5-24(25)30/h3-13,17,22,26,32H,14-16,30H2,1-2H3,(H,31,35)(H,33,34)/t22-,26+/m1/s1. The molecule has 0 bridgehead atoms. The summed E-state index contributed by atoms with van der Waals surface area (Å²) in [5, 5.41) is 8.74. The molecule has 2 amide bonds. The highest BCUT2D eigenvalue weighted by molar-refractivity contribution is 6.05. The Kier molecular flexibility index (Phi) is 7.85. The summed E-state index contributed by atoms with van der Waals surface area (Å²) in [7, 11) is 0. The number of nitrogen functional groups attached to an aromatic ring is 1. The van der Waals surface area contributed by atoms with Crippen LogP contribution in [-0.2, 0) is 17.9 Å². The molecule has 0 spiro atoms. The maximum absolute atomic E-state index is 14.5. The number of rotatable bonds is 9. The van der Waals surface area contributed by atoms with E-state index in [1.54, 1.807) is 30.3 Å². The molecule has 3 aromatic rings. The predicted octanol–water partition coefficient (Wildman–Crippen LogP) is 4.94. The lowest BCUT2D eigenvalue weighted by atomic mass is 10.1. The molecule has 0 saturated heterocycles. The van der Waals surface area contributed by atoms with Gasteiger partial charge in [-0.1, -0.05) is 56.3 Å². The molecule has 0 aromatic heterocycles. The lowest BCUT2D eigenvalue weighted by Gasteiger charge is -2.11. The number of nitrogens with one attached hydrogen (secondary N) is 3. The van der Waals surface area contributed by atoms with Gasteiger partial charge in [0.15, 0.2) is 0 Å². The van der Waals surface area contributed by atoms with Gasteiger partial charge in [0, 0.05) is 24.5 Å². The van der Waals surface area contributed by atoms with Gasteiger partial charge < -0.3 is 26.4 Å². The molecule has 36 heavy (non-hydrogen) atoms. The van der Waals surface area contributed by atoms with E-state index in [-0.39, 0.29) is 18.7 Å². The summed E-state index contributed by atoms with van der Waals surface area (Å²) in [6.45, 7) is 4.50. The van der Waals surface area contributed by atoms with E-state index in [0.29, 0.717) is 34.9 Å². The van der Waals surface area contributed by atoms with Crippen molar-refractivity contribution >= 4 is 23.4 Å². The molecule has 0 heterocycles. The molecule has 7 nitrogen and oxygen atoms in total. The Morgan fingerprint density at radius 2 is 1.78 bits per heavy atom. The number of benzene rings is 3. The number of anilines is 2. The van der Waals surface area contributed by atoms with Crippen molar-refractivity contribution in [2.24, 2.45) is 0 Å². The molecule has 1 saturated carbocycles. The number of para-hydroxylation sites is 2. The summed E-state index contributed by atoms with van der Waals surface area (Å²) >= 11 is 0. The third-order valence-electron chi connectivity index (χ3n) is 6.04. The minimum absolute atomic E-state index is 0.0636. The van der Waals surface area contributed by atoms with Crippen LogP contribution in [0.4, 0.5) is 20.6 Å². The zero-order valence-corrected chi connectivity index (χ0v) is 20.4. The molecular weight excluding hydrogens is 459 g/mol. The Balaban J connectivity index is 1.23. The third kappa shape index (κ3) is 6.60. The molecule has 2 atom stereocenters. The van der Waals surface area contributed by atoms with E-state index < -0.39 is 17.8 Å². The van der Waals surface area contributed by atoms with Gasteiger partial charge in [0.1, 0.15) is 12.4 Å². The molecule has 0 aliphatic heterocycles. The van der Waals surface area contributed by atoms with Crippen LogP contribution in [0, 0.1) is 5.82 Å². The maximum Gasteiger partial charge on any atom is 0.407 e. The van der Waals surface area contributed by atoms with Gasteiger partial charge in [-0.25, -0.2) is 9.18 Å². The number of carbonyl (C=O) groups excluding carboxylic acids is 2. The van der Waals surface area contributed by atoms with Crippen LogP contribution < -0.4 is 21.7 Å². The fraction of sp³-hybridized carbons (Fsp3) is 0.286. The number of carbonyl (C=O) groups is 2. The SMILES string of the molecule is CC(C)N[C@H]1C[C@@H]1c1ccc(COC(=O)NCc2ccc(C(=O)Nc3ccccc3N)c(F)c2)cc1. The van der Waals surface area contributed by atoms with E-state index in [0.717, 1.165) is 12.0 Å². The second kappa shape index (κ2) is 11.2. The highest BCUT2D eigenvalue weighted by Gasteiger charge is 2.38. The largest absolute Gasteiger partial charge is 0.445 e. The highest BCUT2D eigenvalue weighted by Crippen LogP contribution is 2.41. The van der Waals surface area contributed by atoms with E-state index in [4.69, 9.17) is 10.5 Å². The van der Waals surface area contributed by atoms with E-state index in [1.165, 1.54) is 17.7 Å². The van der Waals surface area contributed by atoms with Gasteiger partial charge >= 0.3 is 6.09 Å². The van der Waals surface area contributed by atoms with Gasteiger partial charge in [0.2, 0.25) is 0 Å². The van der Waals surface area contributed by atoms with Gasteiger partial charge in [-0.2, -0.15) is 0 Å². The van der Waals surface area contributed by atoms with Crippen molar-refractivity contribution < 1.29 is 18.7 Å². The van der Waals surface area contributed by atoms with Crippen LogP contribution in [0.3, 0.4) is 0 Å². The zero-order valence-electron chi connectivity index (χ0n) is 20.4. The topological polar surface area (TPSA) is 105 Å². The molecule has 0 unspecified atom stereocenters. The van der Waals surface area contributed by atoms with Crippen LogP contribution in [0.15, 0.2) is 66.7 Å². The Hall–Kier alpha value is -3.91. The second-order valence-electron chi connectivity index (χ2n) is 9.30. The van der Waals surface area contributed by atoms with Crippen molar-refractivity contribution in [1.29, 1.82) is 0 Å². The molecule has 1 fully saturated rings. The van der Waals surface area contributed by atoms with E-state index in [9.17, 15) is 14.0 Å². The number of ether oxygens (including phenoxy) is 1. The molecule has 4 rings (SSSR count). The molecule has 1 aliphatic rings. The normalized spacial score (nSPS) is 16.4. The minimum Gasteiger partial charge on any atom is -0.445 e. The Labute approximate surface area is 210 Å². The summed E-state index contributed by atoms with van der Waals surface area (Å²) in [5.41, 5.74) is 9.17. The highest BCUT2D eigenvalue weighted by atomic mass is 19.1. The smallest absolute Gasteiger partial charge is 0.407 e. The van der Waals surface area contributed by atoms with Crippen LogP contribution in [0.1, 0.15) is 53.2 Å². The van der Waals surface area contributed by atoms with Gasteiger partial charge in [0.25, 0.3) is 5.91 Å². The van der Waals surface area contributed by atoms with Crippen molar-refractivity contribution in [2.45, 2.75) is 51.4 Å². The average Bonchev–Trinajstić information content (AvgIpc) is 3.61. The first-order chi connectivity index (χ1) is 17.3. The van der Waals surface area contributed by atoms with Gasteiger partial charge in [0.05, 0.1) is 16.9 Å². The first-order valence-electron chi connectivity index (χ1n) is 12.0. The van der Waals surface area contributed by atoms with Gasteiger partial charge in [-0.3, -0.25) is 4.79 Å². The molecule has 8 heteroatoms. The summed E-state index contributed by atoms with van der Waals surface area (Å²) in [4.78, 5) is 24.5. The fourth-order valence-corrected chi connectivity index (χ4v) is 4.06. The van der Waals surface area contributed by atoms with Crippen molar-refractivity contribution in [3.05, 3.63) is 94.8 Å². The predicted molar refractivity (Wildman–Crippen MR) is 138 cm³/mol. The number of hydrogen-bond donors (Lipinski definition) is 4. The third-order valence-corrected chi connectivity index (χ3v) is 6.04. The van der Waals surface area contributed by atoms with Gasteiger partial charge in [-0.05, 0) is 47.4 Å². The monoisotopic (exact) mass is 490 g/mol. The number of nitrogens with two attached hydrogens (primary N) is 1. The minimum atomic E-state index is -0.698. The first kappa shape index (κ1) is 25.2. The van der Waals surface area contributed by atoms with Crippen molar-refractivity contribution in [3.63, 3.8) is 0 Å². The second-order valence-corrected chi connectivity index (χ2v) is 9.30. The molecule has 188 valence electrons. The van der Waals surface area contributed by atoms with Crippen LogP contribution in [-0.4, -0.2) is 24.1 Å². The van der Waals surface area contributed by atoms with Crippen LogP contribution in [0.5, 0.6) is 0 Å². The number of halogens is 1. The quantitative estimate of drug-likeness (QED) is 0.318. The lowest BCUT2D eigenvalue weighted by molar-refractivity contribution is 0.102. The number of hydrogen-bond acceptors (Lipinski definition) is 5. The molecular formula is C28H31FN4O3. The number of alkyl carbamates (subject to hydrolysis) is 1. The average molecular weight is 491 g/mol. The van der Waals surface area contributed by atoms with E-state index >= 15 is 0 Å². The lowest BCUT2D eigenvalue weighted by Crippen LogP contribution is -2.25. The molecule has 5 N–H and O–H groups in total. The van der Waals surface area contributed by atoms with E-state index in [1.807, 2.05) is 12.1 Å². The molecule has 0 radical (unpaired) electrons. The fourth-order valence-electron chi connectivity index (χ4n) is 4.06. The first-order valence-corrected chi connectivity index (χ1v) is 12.0. The van der Waals surface area contributed by atoms with Crippen LogP contribution in [0.2, 0.25) is 0 Å². The number of amides is 2. The van der Waals surface area contributed by atoms with Gasteiger partial charge in [-0.15, -0.1) is 0 Å². The zero-order chi connectivity index (χ0) is 25.7. The van der Waals surface area contributed by atoms with Crippen molar-refractivity contribution in [1.82, 2.24) is 10.6 Å². The van der Waals surface area contributed by atoms with Crippen molar-refractivity contribution in [3.8, 4) is 0 Å². The van der Waals surface area contributed by atoms with Crippen molar-refractivity contribution in [2.75, 3.05) is 11.1 Å². The Morgan fingerprint density at radius 1 is 1.06 bits per heavy atom. The summed E-state index contributed by atoms with van der Waals surface area (Å²) in [5.74, 6) is -0.764. The Bertz CT molecular complexity index is 1230. The summed E-state index contributed by atoms with van der Waals surface area (Å²) < 4.78 is 19.8. The Morgan fingerprint density at radius 3 is 2.47 bits per heavy atom. The summed E-state index contributed by atoms with van der Waals surface area (Å²) in [6.07, 6.45) is 0.536. The van der Waals surface area contributed by atoms with Crippen LogP contribution >= 0.6 is 0 Å². The molecule has 3 aromatic carbocycles. The summed E-state index contributed by atoms with van der Waals surface area (Å²) in [6, 6.07) is 20.0. The van der Waals surface area contributed by atoms with E-state index in [2.05, 4.69) is 41.9 Å². The maximum atomic E-state index is 14.5. The van der Waals surface area contributed by atoms with Crippen LogP contribution in [0.25, 0.3) is 0 Å².